The third-order valence-electron chi connectivity index (χ3n) is 4.05. The zero-order valence-corrected chi connectivity index (χ0v) is 9.89. The summed E-state index contributed by atoms with van der Waals surface area (Å²) in [6.07, 6.45) is 15.0. The summed E-state index contributed by atoms with van der Waals surface area (Å²) in [6.45, 7) is 0. The van der Waals surface area contributed by atoms with Gasteiger partial charge in [-0.05, 0) is 43.9 Å². The molecule has 3 rings (SSSR count). The number of hydrogen-bond donors (Lipinski definition) is 2. The van der Waals surface area contributed by atoms with Crippen molar-refractivity contribution < 1.29 is 0 Å². The first-order chi connectivity index (χ1) is 7.34. The zero-order valence-electron chi connectivity index (χ0n) is 9.07. The first kappa shape index (κ1) is 9.79. The molecule has 4 atom stereocenters. The molecule has 0 aromatic rings. The standard InChI is InChI=1S/C12H18N2S/c1-15-12(6-2-3-7-13-12)10-8-9-4-5-11(10)14-9/h2-3,6-7,9-11,13-14H,4-5,8H2,1H3/t9?,10?,11?,12-/m0/s1. The van der Waals surface area contributed by atoms with Gasteiger partial charge in [0.1, 0.15) is 4.87 Å². The van der Waals surface area contributed by atoms with Gasteiger partial charge in [0.15, 0.2) is 0 Å². The molecule has 3 heteroatoms. The molecule has 3 heterocycles. The van der Waals surface area contributed by atoms with E-state index in [4.69, 9.17) is 0 Å². The minimum absolute atomic E-state index is 0.140. The molecule has 2 nitrogen and oxygen atoms in total. The Morgan fingerprint density at radius 3 is 2.80 bits per heavy atom. The van der Waals surface area contributed by atoms with Crippen molar-refractivity contribution in [2.24, 2.45) is 5.92 Å². The maximum Gasteiger partial charge on any atom is 0.106 e. The zero-order chi connectivity index (χ0) is 10.3. The van der Waals surface area contributed by atoms with Gasteiger partial charge >= 0.3 is 0 Å². The summed E-state index contributed by atoms with van der Waals surface area (Å²) >= 11 is 1.94. The van der Waals surface area contributed by atoms with Crippen LogP contribution in [-0.2, 0) is 0 Å². The molecule has 2 fully saturated rings. The van der Waals surface area contributed by atoms with Gasteiger partial charge in [0.05, 0.1) is 0 Å². The highest BCUT2D eigenvalue weighted by atomic mass is 32.2. The number of dihydropyridines is 1. The molecule has 0 aromatic carbocycles. The molecule has 15 heavy (non-hydrogen) atoms. The van der Waals surface area contributed by atoms with Gasteiger partial charge in [0.25, 0.3) is 0 Å². The molecule has 0 amide bonds. The molecule has 0 aliphatic carbocycles. The molecule has 2 saturated heterocycles. The van der Waals surface area contributed by atoms with Gasteiger partial charge in [-0.1, -0.05) is 6.08 Å². The summed E-state index contributed by atoms with van der Waals surface area (Å²) in [6, 6.07) is 1.51. The summed E-state index contributed by atoms with van der Waals surface area (Å²) in [7, 11) is 0. The quantitative estimate of drug-likeness (QED) is 0.746. The van der Waals surface area contributed by atoms with Crippen LogP contribution in [0, 0.1) is 5.92 Å². The van der Waals surface area contributed by atoms with Gasteiger partial charge in [0.2, 0.25) is 0 Å². The Morgan fingerprint density at radius 2 is 2.27 bits per heavy atom. The van der Waals surface area contributed by atoms with Crippen LogP contribution in [0.5, 0.6) is 0 Å². The Hall–Kier alpha value is -0.410. The van der Waals surface area contributed by atoms with Crippen molar-refractivity contribution >= 4 is 11.8 Å². The van der Waals surface area contributed by atoms with E-state index in [0.29, 0.717) is 0 Å². The Kier molecular flexibility index (Phi) is 2.33. The Labute approximate surface area is 95.6 Å². The van der Waals surface area contributed by atoms with Crippen molar-refractivity contribution in [3.8, 4) is 0 Å². The van der Waals surface area contributed by atoms with Crippen LogP contribution in [0.15, 0.2) is 24.4 Å². The Bertz CT molecular complexity index is 313. The lowest BCUT2D eigenvalue weighted by Crippen LogP contribution is -2.49. The molecular weight excluding hydrogens is 204 g/mol. The fourth-order valence-electron chi connectivity index (χ4n) is 3.29. The van der Waals surface area contributed by atoms with E-state index in [-0.39, 0.29) is 4.87 Å². The second-order valence-corrected chi connectivity index (χ2v) is 5.83. The van der Waals surface area contributed by atoms with Crippen LogP contribution in [-0.4, -0.2) is 23.2 Å². The maximum atomic E-state index is 3.72. The predicted molar refractivity (Wildman–Crippen MR) is 65.7 cm³/mol. The summed E-state index contributed by atoms with van der Waals surface area (Å²) < 4.78 is 0. The van der Waals surface area contributed by atoms with Crippen LogP contribution in [0.25, 0.3) is 0 Å². The lowest BCUT2D eigenvalue weighted by atomic mass is 9.82. The molecular formula is C12H18N2S. The first-order valence-electron chi connectivity index (χ1n) is 5.77. The second-order valence-electron chi connectivity index (χ2n) is 4.75. The van der Waals surface area contributed by atoms with Gasteiger partial charge in [-0.25, -0.2) is 0 Å². The molecule has 3 aliphatic heterocycles. The number of thioether (sulfide) groups is 1. The van der Waals surface area contributed by atoms with Crippen molar-refractivity contribution in [3.63, 3.8) is 0 Å². The lowest BCUT2D eigenvalue weighted by Gasteiger charge is -2.40. The smallest absolute Gasteiger partial charge is 0.106 e. The third-order valence-corrected chi connectivity index (χ3v) is 5.28. The number of hydrogen-bond acceptors (Lipinski definition) is 3. The number of allylic oxidation sites excluding steroid dienone is 2. The average molecular weight is 222 g/mol. The summed E-state index contributed by atoms with van der Waals surface area (Å²) in [5, 5.41) is 7.29. The van der Waals surface area contributed by atoms with Gasteiger partial charge in [0, 0.05) is 18.0 Å². The van der Waals surface area contributed by atoms with Gasteiger partial charge < -0.3 is 10.6 Å². The fourth-order valence-corrected chi connectivity index (χ4v) is 4.25. The van der Waals surface area contributed by atoms with Crippen LogP contribution >= 0.6 is 11.8 Å². The van der Waals surface area contributed by atoms with Crippen LogP contribution in [0.4, 0.5) is 0 Å². The highest BCUT2D eigenvalue weighted by Gasteiger charge is 2.49. The highest BCUT2D eigenvalue weighted by Crippen LogP contribution is 2.45. The minimum Gasteiger partial charge on any atom is -0.373 e. The van der Waals surface area contributed by atoms with Crippen LogP contribution < -0.4 is 10.6 Å². The molecule has 3 aliphatic rings. The molecule has 0 saturated carbocycles. The van der Waals surface area contributed by atoms with Crippen LogP contribution in [0.3, 0.4) is 0 Å². The second kappa shape index (κ2) is 3.56. The third kappa shape index (κ3) is 1.44. The predicted octanol–water partition coefficient (Wildman–Crippen LogP) is 1.86. The number of rotatable bonds is 2. The fraction of sp³-hybridized carbons (Fsp3) is 0.667. The Balaban J connectivity index is 1.85. The number of fused-ring (bicyclic) bond motifs is 2. The van der Waals surface area contributed by atoms with Gasteiger partial charge in [-0.2, -0.15) is 0 Å². The van der Waals surface area contributed by atoms with Crippen molar-refractivity contribution in [2.75, 3.05) is 6.26 Å². The van der Waals surface area contributed by atoms with E-state index in [9.17, 15) is 0 Å². The van der Waals surface area contributed by atoms with E-state index in [1.54, 1.807) is 0 Å². The first-order valence-corrected chi connectivity index (χ1v) is 7.00. The average Bonchev–Trinajstić information content (AvgIpc) is 2.92. The van der Waals surface area contributed by atoms with Gasteiger partial charge in [-0.3, -0.25) is 0 Å². The van der Waals surface area contributed by atoms with Crippen LogP contribution in [0.2, 0.25) is 0 Å². The SMILES string of the molecule is CS[C@]1(C2CC3CCC2N3)C=CC=CN1. The summed E-state index contributed by atoms with van der Waals surface area (Å²) in [4.78, 5) is 0.140. The highest BCUT2D eigenvalue weighted by molar-refractivity contribution is 8.00. The molecule has 0 aromatic heterocycles. The van der Waals surface area contributed by atoms with Crippen molar-refractivity contribution in [3.05, 3.63) is 24.4 Å². The molecule has 2 N–H and O–H groups in total. The van der Waals surface area contributed by atoms with Crippen molar-refractivity contribution in [1.82, 2.24) is 10.6 Å². The largest absolute Gasteiger partial charge is 0.373 e. The molecule has 0 radical (unpaired) electrons. The van der Waals surface area contributed by atoms with E-state index in [0.717, 1.165) is 18.0 Å². The summed E-state index contributed by atoms with van der Waals surface area (Å²) in [5.41, 5.74) is 0. The molecule has 2 bridgehead atoms. The van der Waals surface area contributed by atoms with E-state index < -0.39 is 0 Å². The lowest BCUT2D eigenvalue weighted by molar-refractivity contribution is 0.326. The monoisotopic (exact) mass is 222 g/mol. The number of nitrogens with one attached hydrogen (secondary N) is 2. The van der Waals surface area contributed by atoms with Crippen molar-refractivity contribution in [2.45, 2.75) is 36.2 Å². The molecule has 82 valence electrons. The maximum absolute atomic E-state index is 3.72. The summed E-state index contributed by atoms with van der Waals surface area (Å²) in [5.74, 6) is 0.743. The van der Waals surface area contributed by atoms with E-state index in [1.807, 2.05) is 11.8 Å². The minimum atomic E-state index is 0.140. The normalized spacial score (nSPS) is 47.1. The van der Waals surface area contributed by atoms with Crippen LogP contribution in [0.1, 0.15) is 19.3 Å². The van der Waals surface area contributed by atoms with E-state index >= 15 is 0 Å². The topological polar surface area (TPSA) is 24.1 Å². The van der Waals surface area contributed by atoms with E-state index in [1.165, 1.54) is 19.3 Å². The van der Waals surface area contributed by atoms with Crippen molar-refractivity contribution in [1.29, 1.82) is 0 Å². The van der Waals surface area contributed by atoms with Gasteiger partial charge in [-0.15, -0.1) is 11.8 Å². The molecule has 0 spiro atoms. The Morgan fingerprint density at radius 1 is 1.33 bits per heavy atom. The van der Waals surface area contributed by atoms with E-state index in [2.05, 4.69) is 41.3 Å². The molecule has 3 unspecified atom stereocenters.